The van der Waals surface area contributed by atoms with Crippen molar-refractivity contribution in [2.24, 2.45) is 5.92 Å². The topological polar surface area (TPSA) is 44.3 Å². The zero-order chi connectivity index (χ0) is 20.8. The van der Waals surface area contributed by atoms with Gasteiger partial charge in [0.25, 0.3) is 0 Å². The zero-order valence-corrected chi connectivity index (χ0v) is 17.8. The van der Waals surface area contributed by atoms with Crippen LogP contribution in [0.15, 0.2) is 84.9 Å². The molecule has 1 heterocycles. The van der Waals surface area contributed by atoms with Crippen molar-refractivity contribution in [3.8, 4) is 0 Å². The number of hydrogen-bond acceptors (Lipinski definition) is 3. The van der Waals surface area contributed by atoms with Crippen molar-refractivity contribution in [2.45, 2.75) is 31.0 Å². The van der Waals surface area contributed by atoms with Crippen molar-refractivity contribution in [3.05, 3.63) is 107 Å². The summed E-state index contributed by atoms with van der Waals surface area (Å²) in [6, 6.07) is 29.8. The summed E-state index contributed by atoms with van der Waals surface area (Å²) >= 11 is 6.40. The van der Waals surface area contributed by atoms with Crippen molar-refractivity contribution in [2.75, 3.05) is 13.2 Å². The molecule has 0 bridgehead atoms. The van der Waals surface area contributed by atoms with Crippen molar-refractivity contribution >= 4 is 11.6 Å². The predicted octanol–water partition coefficient (Wildman–Crippen LogP) is 4.60. The van der Waals surface area contributed by atoms with Crippen molar-refractivity contribution < 1.29 is 5.11 Å². The number of aliphatic hydroxyl groups excluding tert-OH is 1. The maximum absolute atomic E-state index is 9.66. The van der Waals surface area contributed by atoms with E-state index in [1.54, 1.807) is 0 Å². The summed E-state index contributed by atoms with van der Waals surface area (Å²) in [6.07, 6.45) is 0.778. The highest BCUT2D eigenvalue weighted by molar-refractivity contribution is 6.31. The van der Waals surface area contributed by atoms with Crippen LogP contribution in [0.2, 0.25) is 5.02 Å². The molecule has 156 valence electrons. The monoisotopic (exact) mass is 420 g/mol. The fourth-order valence-electron chi connectivity index (χ4n) is 4.70. The van der Waals surface area contributed by atoms with Gasteiger partial charge in [-0.25, -0.2) is 0 Å². The molecule has 0 aliphatic carbocycles. The van der Waals surface area contributed by atoms with Crippen LogP contribution >= 0.6 is 11.6 Å². The molecule has 4 rings (SSSR count). The molecule has 0 saturated carbocycles. The minimum Gasteiger partial charge on any atom is -0.396 e. The third-order valence-corrected chi connectivity index (χ3v) is 6.54. The Balaban J connectivity index is 1.65. The van der Waals surface area contributed by atoms with E-state index in [4.69, 9.17) is 11.6 Å². The number of halogens is 1. The smallest absolute Gasteiger partial charge is 0.0450 e. The van der Waals surface area contributed by atoms with Crippen molar-refractivity contribution in [1.82, 2.24) is 10.6 Å². The molecule has 3 aromatic rings. The number of rotatable bonds is 8. The summed E-state index contributed by atoms with van der Waals surface area (Å²) < 4.78 is 0. The van der Waals surface area contributed by atoms with Gasteiger partial charge >= 0.3 is 0 Å². The molecule has 1 aliphatic heterocycles. The number of benzene rings is 3. The Morgan fingerprint density at radius 3 is 2.10 bits per heavy atom. The third kappa shape index (κ3) is 4.76. The first-order chi connectivity index (χ1) is 14.8. The Morgan fingerprint density at radius 2 is 1.50 bits per heavy atom. The van der Waals surface area contributed by atoms with Gasteiger partial charge in [0.1, 0.15) is 0 Å². The molecule has 3 N–H and O–H groups in total. The summed E-state index contributed by atoms with van der Waals surface area (Å²) in [5.74, 6) is 0.581. The van der Waals surface area contributed by atoms with Gasteiger partial charge in [-0.15, -0.1) is 0 Å². The standard InChI is InChI=1S/C26H29ClN2O/c27-23-14-8-7-13-21(23)17-28-25-22(15-16-30)18-29-26(25)24(19-9-3-1-4-10-19)20-11-5-2-6-12-20/h1-14,22,24-26,28-30H,15-18H2. The van der Waals surface area contributed by atoms with E-state index in [-0.39, 0.29) is 24.6 Å². The van der Waals surface area contributed by atoms with E-state index in [0.717, 1.165) is 23.6 Å². The Kier molecular flexibility index (Phi) is 7.19. The van der Waals surface area contributed by atoms with Crippen LogP contribution in [0, 0.1) is 5.92 Å². The lowest BCUT2D eigenvalue weighted by Gasteiger charge is -2.32. The van der Waals surface area contributed by atoms with E-state index < -0.39 is 0 Å². The fraction of sp³-hybridized carbons (Fsp3) is 0.308. The summed E-state index contributed by atoms with van der Waals surface area (Å²) in [4.78, 5) is 0. The molecule has 3 nitrogen and oxygen atoms in total. The third-order valence-electron chi connectivity index (χ3n) is 6.17. The molecule has 4 heteroatoms. The van der Waals surface area contributed by atoms with Gasteiger partial charge in [-0.2, -0.15) is 0 Å². The quantitative estimate of drug-likeness (QED) is 0.499. The molecular formula is C26H29ClN2O. The first-order valence-corrected chi connectivity index (χ1v) is 11.1. The average Bonchev–Trinajstić information content (AvgIpc) is 3.17. The molecule has 1 saturated heterocycles. The van der Waals surface area contributed by atoms with Crippen LogP contribution < -0.4 is 10.6 Å². The molecule has 1 aliphatic rings. The number of hydrogen-bond donors (Lipinski definition) is 3. The lowest BCUT2D eigenvalue weighted by molar-refractivity contribution is 0.241. The molecule has 0 amide bonds. The SMILES string of the molecule is OCCC1CNC(C(c2ccccc2)c2ccccc2)C1NCc1ccccc1Cl. The van der Waals surface area contributed by atoms with Gasteiger partial charge < -0.3 is 15.7 Å². The second-order valence-electron chi connectivity index (χ2n) is 8.00. The number of aliphatic hydroxyl groups is 1. The van der Waals surface area contributed by atoms with Crippen molar-refractivity contribution in [1.29, 1.82) is 0 Å². The normalized spacial score (nSPS) is 21.2. The second-order valence-corrected chi connectivity index (χ2v) is 8.41. The molecule has 3 unspecified atom stereocenters. The Morgan fingerprint density at radius 1 is 0.900 bits per heavy atom. The molecular weight excluding hydrogens is 392 g/mol. The highest BCUT2D eigenvalue weighted by Gasteiger charge is 2.40. The van der Waals surface area contributed by atoms with Crippen LogP contribution in [-0.4, -0.2) is 30.3 Å². The van der Waals surface area contributed by atoms with Gasteiger partial charge in [0, 0.05) is 36.2 Å². The first-order valence-electron chi connectivity index (χ1n) is 10.7. The van der Waals surface area contributed by atoms with E-state index in [1.807, 2.05) is 18.2 Å². The minimum atomic E-state index is 0.199. The van der Waals surface area contributed by atoms with Gasteiger partial charge in [0.05, 0.1) is 0 Å². The zero-order valence-electron chi connectivity index (χ0n) is 17.0. The Bertz CT molecular complexity index is 879. The lowest BCUT2D eigenvalue weighted by Crippen LogP contribution is -2.46. The molecule has 3 aromatic carbocycles. The lowest BCUT2D eigenvalue weighted by atomic mass is 9.80. The maximum Gasteiger partial charge on any atom is 0.0450 e. The summed E-state index contributed by atoms with van der Waals surface area (Å²) in [7, 11) is 0. The van der Waals surface area contributed by atoms with Gasteiger partial charge in [0.15, 0.2) is 0 Å². The number of nitrogens with one attached hydrogen (secondary N) is 2. The molecule has 3 atom stereocenters. The largest absolute Gasteiger partial charge is 0.396 e. The maximum atomic E-state index is 9.66. The predicted molar refractivity (Wildman–Crippen MR) is 124 cm³/mol. The molecule has 1 fully saturated rings. The summed E-state index contributed by atoms with van der Waals surface area (Å²) in [6.45, 7) is 1.80. The van der Waals surface area contributed by atoms with Gasteiger partial charge in [-0.05, 0) is 41.6 Å². The van der Waals surface area contributed by atoms with Crippen LogP contribution in [0.3, 0.4) is 0 Å². The Hall–Kier alpha value is -2.17. The molecule has 0 aromatic heterocycles. The first kappa shape index (κ1) is 21.1. The van der Waals surface area contributed by atoms with Crippen molar-refractivity contribution in [3.63, 3.8) is 0 Å². The van der Waals surface area contributed by atoms with E-state index >= 15 is 0 Å². The summed E-state index contributed by atoms with van der Waals surface area (Å²) in [5.41, 5.74) is 3.70. The molecule has 0 spiro atoms. The molecule has 30 heavy (non-hydrogen) atoms. The summed E-state index contributed by atoms with van der Waals surface area (Å²) in [5, 5.41) is 18.0. The van der Waals surface area contributed by atoms with Gasteiger partial charge in [-0.1, -0.05) is 90.5 Å². The van der Waals surface area contributed by atoms with Crippen LogP contribution in [0.1, 0.15) is 29.0 Å². The van der Waals surface area contributed by atoms with Crippen LogP contribution in [0.25, 0.3) is 0 Å². The van der Waals surface area contributed by atoms with E-state index in [1.165, 1.54) is 11.1 Å². The van der Waals surface area contributed by atoms with Gasteiger partial charge in [-0.3, -0.25) is 0 Å². The highest BCUT2D eigenvalue weighted by Crippen LogP contribution is 2.35. The van der Waals surface area contributed by atoms with E-state index in [0.29, 0.717) is 12.5 Å². The second kappa shape index (κ2) is 10.2. The van der Waals surface area contributed by atoms with Crippen LogP contribution in [0.5, 0.6) is 0 Å². The van der Waals surface area contributed by atoms with Gasteiger partial charge in [0.2, 0.25) is 0 Å². The highest BCUT2D eigenvalue weighted by atomic mass is 35.5. The minimum absolute atomic E-state index is 0.199. The van der Waals surface area contributed by atoms with E-state index in [9.17, 15) is 5.11 Å². The van der Waals surface area contributed by atoms with E-state index in [2.05, 4.69) is 77.4 Å². The Labute approximate surface area is 184 Å². The average molecular weight is 421 g/mol. The fourth-order valence-corrected chi connectivity index (χ4v) is 4.90. The van der Waals surface area contributed by atoms with Crippen LogP contribution in [0.4, 0.5) is 0 Å². The van der Waals surface area contributed by atoms with Crippen LogP contribution in [-0.2, 0) is 6.54 Å². The molecule has 0 radical (unpaired) electrons.